The summed E-state index contributed by atoms with van der Waals surface area (Å²) < 4.78 is 46.1. The summed E-state index contributed by atoms with van der Waals surface area (Å²) >= 11 is 1.76. The lowest BCUT2D eigenvalue weighted by Gasteiger charge is -2.08. The Bertz CT molecular complexity index is 1990. The van der Waals surface area contributed by atoms with Crippen molar-refractivity contribution in [1.29, 1.82) is 0 Å². The smallest absolute Gasteiger partial charge is 0.0645 e. The largest absolute Gasteiger partial charge is 0.309 e. The van der Waals surface area contributed by atoms with E-state index in [4.69, 9.17) is 6.85 Å². The zero-order valence-electron chi connectivity index (χ0n) is 20.8. The zero-order chi connectivity index (χ0) is 24.0. The molecule has 0 saturated carbocycles. The van der Waals surface area contributed by atoms with Gasteiger partial charge < -0.3 is 4.57 Å². The average Bonchev–Trinajstić information content (AvgIpc) is 3.41. The van der Waals surface area contributed by atoms with Crippen LogP contribution in [-0.2, 0) is 0 Å². The molecule has 2 aromatic heterocycles. The van der Waals surface area contributed by atoms with Gasteiger partial charge in [-0.3, -0.25) is 0 Å². The number of hydrogen-bond acceptors (Lipinski definition) is 1. The van der Waals surface area contributed by atoms with Gasteiger partial charge in [0.2, 0.25) is 0 Å². The van der Waals surface area contributed by atoms with Gasteiger partial charge >= 0.3 is 0 Å². The number of rotatable bonds is 1. The number of aromatic nitrogens is 1. The second-order valence-corrected chi connectivity index (χ2v) is 8.54. The van der Waals surface area contributed by atoms with E-state index in [1.807, 2.05) is 34.9 Å². The fourth-order valence-corrected chi connectivity index (χ4v) is 5.73. The molecule has 0 fully saturated rings. The summed E-state index contributed by atoms with van der Waals surface area (Å²) in [7, 11) is 0. The third kappa shape index (κ3) is 2.11. The number of hydrogen-bond donors (Lipinski definition) is 0. The summed E-state index contributed by atoms with van der Waals surface area (Å²) in [6, 6.07) is 23.3. The van der Waals surface area contributed by atoms with Crippen LogP contribution >= 0.6 is 11.3 Å². The molecule has 0 saturated heterocycles. The summed E-state index contributed by atoms with van der Waals surface area (Å²) in [4.78, 5) is 0. The fourth-order valence-electron chi connectivity index (χ4n) is 4.61. The maximum Gasteiger partial charge on any atom is 0.0645 e. The Labute approximate surface area is 184 Å². The van der Waals surface area contributed by atoms with Crippen molar-refractivity contribution in [2.45, 2.75) is 0 Å². The molecule has 5 aromatic carbocycles. The van der Waals surface area contributed by atoms with Gasteiger partial charge in [0.25, 0.3) is 0 Å². The molecule has 0 unspecified atom stereocenters. The van der Waals surface area contributed by atoms with Crippen LogP contribution in [0.2, 0.25) is 0 Å². The van der Waals surface area contributed by atoms with Crippen LogP contribution in [0.1, 0.15) is 6.85 Å². The summed E-state index contributed by atoms with van der Waals surface area (Å²) in [6.45, 7) is 0. The van der Waals surface area contributed by atoms with Crippen molar-refractivity contribution >= 4 is 64.1 Å². The van der Waals surface area contributed by atoms with Crippen LogP contribution in [-0.4, -0.2) is 4.57 Å². The maximum absolute atomic E-state index is 8.65. The SMILES string of the molecule is [2H]c1c([2H])c([2H])c(-n2c3ccccc3c3cc4ccc5sc6ccccc6c5c4cc32)c([2H])c1[2H]. The minimum atomic E-state index is -0.388. The van der Waals surface area contributed by atoms with E-state index in [-0.39, 0.29) is 35.9 Å². The van der Waals surface area contributed by atoms with E-state index in [0.717, 1.165) is 32.6 Å². The molecular formula is C28H17NS. The number of thiophene rings is 1. The molecule has 0 aliphatic rings. The molecule has 0 spiro atoms. The third-order valence-electron chi connectivity index (χ3n) is 5.86. The van der Waals surface area contributed by atoms with E-state index in [9.17, 15) is 0 Å². The van der Waals surface area contributed by atoms with Gasteiger partial charge in [0.1, 0.15) is 0 Å². The molecule has 0 amide bonds. The van der Waals surface area contributed by atoms with Gasteiger partial charge in [-0.25, -0.2) is 0 Å². The molecule has 0 aliphatic carbocycles. The van der Waals surface area contributed by atoms with Gasteiger partial charge in [-0.2, -0.15) is 0 Å². The van der Waals surface area contributed by atoms with Crippen molar-refractivity contribution in [3.63, 3.8) is 0 Å². The topological polar surface area (TPSA) is 4.93 Å². The van der Waals surface area contributed by atoms with Gasteiger partial charge in [0.15, 0.2) is 0 Å². The first-order valence-corrected chi connectivity index (χ1v) is 10.6. The van der Waals surface area contributed by atoms with Gasteiger partial charge in [-0.1, -0.05) is 60.6 Å². The van der Waals surface area contributed by atoms with Crippen LogP contribution in [0.4, 0.5) is 0 Å². The minimum Gasteiger partial charge on any atom is -0.309 e. The first-order chi connectivity index (χ1) is 17.0. The molecule has 7 aromatic rings. The Morgan fingerprint density at radius 3 is 2.33 bits per heavy atom. The number of nitrogens with zero attached hydrogens (tertiary/aromatic N) is 1. The van der Waals surface area contributed by atoms with Crippen molar-refractivity contribution in [1.82, 2.24) is 4.57 Å². The predicted octanol–water partition coefficient (Wildman–Crippen LogP) is 8.30. The lowest BCUT2D eigenvalue weighted by atomic mass is 10.0. The van der Waals surface area contributed by atoms with Gasteiger partial charge in [0, 0.05) is 36.6 Å². The monoisotopic (exact) mass is 404 g/mol. The molecule has 140 valence electrons. The number of para-hydroxylation sites is 2. The van der Waals surface area contributed by atoms with Crippen LogP contribution in [0, 0.1) is 0 Å². The molecule has 0 bridgehead atoms. The molecule has 0 atom stereocenters. The summed E-state index contributed by atoms with van der Waals surface area (Å²) in [6.07, 6.45) is 0. The second kappa shape index (κ2) is 5.94. The second-order valence-electron chi connectivity index (χ2n) is 7.45. The Kier molecular flexibility index (Phi) is 2.41. The molecule has 7 rings (SSSR count). The highest BCUT2D eigenvalue weighted by Crippen LogP contribution is 2.41. The lowest BCUT2D eigenvalue weighted by Crippen LogP contribution is -1.92. The highest BCUT2D eigenvalue weighted by atomic mass is 32.1. The van der Waals surface area contributed by atoms with E-state index in [0.29, 0.717) is 0 Å². The van der Waals surface area contributed by atoms with Gasteiger partial charge in [-0.15, -0.1) is 11.3 Å². The van der Waals surface area contributed by atoms with E-state index < -0.39 is 0 Å². The van der Waals surface area contributed by atoms with Crippen LogP contribution in [0.3, 0.4) is 0 Å². The molecule has 0 radical (unpaired) electrons. The van der Waals surface area contributed by atoms with Crippen LogP contribution in [0.15, 0.2) is 103 Å². The Morgan fingerprint density at radius 1 is 0.633 bits per heavy atom. The van der Waals surface area contributed by atoms with Crippen LogP contribution in [0.5, 0.6) is 0 Å². The van der Waals surface area contributed by atoms with Crippen LogP contribution < -0.4 is 0 Å². The Morgan fingerprint density at radius 2 is 1.43 bits per heavy atom. The number of fused-ring (bicyclic) bond motifs is 8. The van der Waals surface area contributed by atoms with E-state index in [1.165, 1.54) is 20.2 Å². The maximum atomic E-state index is 8.65. The van der Waals surface area contributed by atoms with Crippen molar-refractivity contribution in [2.24, 2.45) is 0 Å². The first kappa shape index (κ1) is 12.2. The molecule has 0 aliphatic heterocycles. The van der Waals surface area contributed by atoms with Crippen molar-refractivity contribution in [2.75, 3.05) is 0 Å². The zero-order valence-corrected chi connectivity index (χ0v) is 16.6. The Balaban J connectivity index is 1.73. The van der Waals surface area contributed by atoms with Crippen molar-refractivity contribution in [3.8, 4) is 5.69 Å². The van der Waals surface area contributed by atoms with Gasteiger partial charge in [0.05, 0.1) is 17.9 Å². The van der Waals surface area contributed by atoms with Crippen molar-refractivity contribution in [3.05, 3.63) is 103 Å². The van der Waals surface area contributed by atoms with E-state index in [2.05, 4.69) is 42.5 Å². The molecule has 0 N–H and O–H groups in total. The molecule has 2 heteroatoms. The molecular weight excluding hydrogens is 382 g/mol. The summed E-state index contributed by atoms with van der Waals surface area (Å²) in [5.41, 5.74) is 1.80. The Hall–Kier alpha value is -3.62. The fraction of sp³-hybridized carbons (Fsp3) is 0. The lowest BCUT2D eigenvalue weighted by molar-refractivity contribution is 1.18. The van der Waals surface area contributed by atoms with Crippen molar-refractivity contribution < 1.29 is 6.85 Å². The standard InChI is InChI=1S/C28H17NS/c1-2-8-19(9-3-1)29-24-12-6-4-10-20(24)23-16-18-14-15-27-28(22(18)17-25(23)29)21-11-5-7-13-26(21)30-27/h1-17H/i1D,2D,3D,8D,9D. The summed E-state index contributed by atoms with van der Waals surface area (Å²) in [5, 5.41) is 6.54. The minimum absolute atomic E-state index is 0.170. The normalized spacial score (nSPS) is 14.3. The summed E-state index contributed by atoms with van der Waals surface area (Å²) in [5.74, 6) is 0. The predicted molar refractivity (Wildman–Crippen MR) is 131 cm³/mol. The first-order valence-electron chi connectivity index (χ1n) is 12.3. The highest BCUT2D eigenvalue weighted by Gasteiger charge is 2.15. The van der Waals surface area contributed by atoms with Gasteiger partial charge in [-0.05, 0) is 53.2 Å². The number of benzene rings is 5. The third-order valence-corrected chi connectivity index (χ3v) is 7.00. The highest BCUT2D eigenvalue weighted by molar-refractivity contribution is 7.26. The van der Waals surface area contributed by atoms with E-state index in [1.54, 1.807) is 11.3 Å². The molecule has 1 nitrogen and oxygen atoms in total. The van der Waals surface area contributed by atoms with E-state index >= 15 is 0 Å². The average molecular weight is 405 g/mol. The quantitative estimate of drug-likeness (QED) is 0.259. The molecule has 30 heavy (non-hydrogen) atoms. The van der Waals surface area contributed by atoms with Crippen LogP contribution in [0.25, 0.3) is 58.4 Å². The molecule has 2 heterocycles.